The number of carbonyl (C=O) groups excluding carboxylic acids is 1. The van der Waals surface area contributed by atoms with E-state index in [0.29, 0.717) is 23.2 Å². The summed E-state index contributed by atoms with van der Waals surface area (Å²) in [5.74, 6) is 1.34. The van der Waals surface area contributed by atoms with Crippen molar-refractivity contribution in [3.63, 3.8) is 0 Å². The minimum absolute atomic E-state index is 0.171. The van der Waals surface area contributed by atoms with Crippen LogP contribution in [-0.4, -0.2) is 31.4 Å². The van der Waals surface area contributed by atoms with E-state index >= 15 is 0 Å². The van der Waals surface area contributed by atoms with E-state index in [-0.39, 0.29) is 11.9 Å². The summed E-state index contributed by atoms with van der Waals surface area (Å²) < 4.78 is 7.02. The zero-order valence-corrected chi connectivity index (χ0v) is 16.6. The van der Waals surface area contributed by atoms with Gasteiger partial charge in [-0.05, 0) is 48.9 Å². The third-order valence-corrected chi connectivity index (χ3v) is 4.87. The monoisotopic (exact) mass is 410 g/mol. The molecule has 0 spiro atoms. The maximum atomic E-state index is 13.0. The van der Waals surface area contributed by atoms with Gasteiger partial charge < -0.3 is 10.1 Å². The zero-order valence-electron chi connectivity index (χ0n) is 16.6. The number of pyridine rings is 1. The summed E-state index contributed by atoms with van der Waals surface area (Å²) in [4.78, 5) is 25.9. The first kappa shape index (κ1) is 18.7. The fraction of sp³-hybridized carbons (Fsp3) is 0.0870. The summed E-state index contributed by atoms with van der Waals surface area (Å²) in [7, 11) is 0. The molecular weight excluding hydrogens is 392 g/mol. The van der Waals surface area contributed by atoms with Crippen molar-refractivity contribution in [2.24, 2.45) is 4.99 Å². The van der Waals surface area contributed by atoms with Gasteiger partial charge in [-0.15, -0.1) is 5.10 Å². The minimum atomic E-state index is -0.465. The van der Waals surface area contributed by atoms with Crippen LogP contribution < -0.4 is 10.1 Å². The lowest BCUT2D eigenvalue weighted by Crippen LogP contribution is -2.29. The van der Waals surface area contributed by atoms with Gasteiger partial charge in [-0.3, -0.25) is 9.78 Å². The Bertz CT molecular complexity index is 1250. The van der Waals surface area contributed by atoms with E-state index in [2.05, 4.69) is 25.4 Å². The van der Waals surface area contributed by atoms with Gasteiger partial charge in [-0.25, -0.2) is 4.99 Å². The van der Waals surface area contributed by atoms with Crippen molar-refractivity contribution < 1.29 is 9.53 Å². The molecule has 4 aromatic rings. The molecule has 2 aromatic carbocycles. The van der Waals surface area contributed by atoms with Crippen LogP contribution in [0.15, 0.2) is 84.1 Å². The van der Waals surface area contributed by atoms with Crippen LogP contribution in [0.5, 0.6) is 11.5 Å². The van der Waals surface area contributed by atoms with Gasteiger partial charge in [0.1, 0.15) is 17.4 Å². The van der Waals surface area contributed by atoms with Crippen LogP contribution in [0, 0.1) is 0 Å². The Morgan fingerprint density at radius 1 is 0.935 bits per heavy atom. The number of ether oxygens (including phenoxy) is 1. The largest absolute Gasteiger partial charge is 0.457 e. The number of fused-ring (bicyclic) bond motifs is 1. The number of hydrogen-bond acceptors (Lipinski definition) is 7. The number of benzene rings is 2. The van der Waals surface area contributed by atoms with E-state index in [1.165, 1.54) is 4.68 Å². The average Bonchev–Trinajstić information content (AvgIpc) is 3.19. The SMILES string of the molecule is CC1=Nc2nc(Nc3ccc(Oc4ccncc4)cc3)nn2C(=O)C1c1ccccc1. The summed E-state index contributed by atoms with van der Waals surface area (Å²) in [6.07, 6.45) is 3.34. The van der Waals surface area contributed by atoms with E-state index in [0.717, 1.165) is 11.3 Å². The molecule has 152 valence electrons. The molecule has 1 N–H and O–H groups in total. The van der Waals surface area contributed by atoms with E-state index in [1.807, 2.05) is 61.5 Å². The molecule has 0 bridgehead atoms. The van der Waals surface area contributed by atoms with Gasteiger partial charge >= 0.3 is 0 Å². The van der Waals surface area contributed by atoms with Crippen LogP contribution >= 0.6 is 0 Å². The molecule has 31 heavy (non-hydrogen) atoms. The first-order valence-electron chi connectivity index (χ1n) is 9.74. The normalized spacial score (nSPS) is 15.2. The van der Waals surface area contributed by atoms with Crippen molar-refractivity contribution in [3.8, 4) is 11.5 Å². The summed E-state index contributed by atoms with van der Waals surface area (Å²) in [6, 6.07) is 20.5. The lowest BCUT2D eigenvalue weighted by Gasteiger charge is -2.19. The average molecular weight is 410 g/mol. The van der Waals surface area contributed by atoms with Gasteiger partial charge in [0.05, 0.1) is 0 Å². The molecule has 1 unspecified atom stereocenters. The number of anilines is 2. The molecule has 0 aliphatic carbocycles. The Hall–Kier alpha value is -4.33. The standard InChI is InChI=1S/C23H18N6O2/c1-15-20(16-5-3-2-4-6-16)21(30)29-23(25-15)27-22(28-29)26-17-7-9-18(10-8-17)31-19-11-13-24-14-12-19/h2-14,20H,1H3,(H,26,28). The van der Waals surface area contributed by atoms with Crippen LogP contribution in [0.2, 0.25) is 0 Å². The van der Waals surface area contributed by atoms with E-state index < -0.39 is 5.92 Å². The highest BCUT2D eigenvalue weighted by molar-refractivity contribution is 6.12. The summed E-state index contributed by atoms with van der Waals surface area (Å²) in [5, 5.41) is 7.44. The topological polar surface area (TPSA) is 94.3 Å². The predicted octanol–water partition coefficient (Wildman–Crippen LogP) is 4.74. The van der Waals surface area contributed by atoms with Crippen LogP contribution in [0.3, 0.4) is 0 Å². The van der Waals surface area contributed by atoms with Gasteiger partial charge in [0, 0.05) is 23.8 Å². The molecule has 0 saturated carbocycles. The fourth-order valence-electron chi connectivity index (χ4n) is 3.41. The second-order valence-corrected chi connectivity index (χ2v) is 7.02. The molecule has 8 heteroatoms. The number of aromatic nitrogens is 4. The number of aliphatic imine (C=N–C) groups is 1. The van der Waals surface area contributed by atoms with Crippen molar-refractivity contribution in [2.45, 2.75) is 12.8 Å². The Kier molecular flexibility index (Phi) is 4.72. The maximum Gasteiger partial charge on any atom is 0.263 e. The molecule has 5 rings (SSSR count). The molecular formula is C23H18N6O2. The second-order valence-electron chi connectivity index (χ2n) is 7.02. The Morgan fingerprint density at radius 2 is 1.65 bits per heavy atom. The third kappa shape index (κ3) is 3.78. The molecule has 1 atom stereocenters. The Labute approximate surface area is 178 Å². The Morgan fingerprint density at radius 3 is 2.39 bits per heavy atom. The van der Waals surface area contributed by atoms with Crippen molar-refractivity contribution in [2.75, 3.05) is 5.32 Å². The smallest absolute Gasteiger partial charge is 0.263 e. The zero-order chi connectivity index (χ0) is 21.2. The first-order chi connectivity index (χ1) is 15.2. The first-order valence-corrected chi connectivity index (χ1v) is 9.74. The molecule has 1 aliphatic heterocycles. The molecule has 0 fully saturated rings. The molecule has 2 aromatic heterocycles. The fourth-order valence-corrected chi connectivity index (χ4v) is 3.41. The number of carbonyl (C=O) groups is 1. The highest BCUT2D eigenvalue weighted by Crippen LogP contribution is 2.30. The Balaban J connectivity index is 1.34. The number of hydrogen-bond donors (Lipinski definition) is 1. The number of rotatable bonds is 5. The van der Waals surface area contributed by atoms with Gasteiger partial charge in [0.25, 0.3) is 11.9 Å². The highest BCUT2D eigenvalue weighted by atomic mass is 16.5. The molecule has 0 amide bonds. The molecule has 1 aliphatic rings. The van der Waals surface area contributed by atoms with Crippen LogP contribution in [0.1, 0.15) is 23.2 Å². The van der Waals surface area contributed by atoms with E-state index in [1.54, 1.807) is 24.5 Å². The summed E-state index contributed by atoms with van der Waals surface area (Å²) in [5.41, 5.74) is 2.34. The molecule has 0 radical (unpaired) electrons. The lowest BCUT2D eigenvalue weighted by atomic mass is 9.93. The predicted molar refractivity (Wildman–Crippen MR) is 117 cm³/mol. The third-order valence-electron chi connectivity index (χ3n) is 4.87. The second kappa shape index (κ2) is 7.83. The number of nitrogens with zero attached hydrogens (tertiary/aromatic N) is 5. The van der Waals surface area contributed by atoms with E-state index in [4.69, 9.17) is 4.74 Å². The summed E-state index contributed by atoms with van der Waals surface area (Å²) >= 11 is 0. The van der Waals surface area contributed by atoms with E-state index in [9.17, 15) is 4.79 Å². The van der Waals surface area contributed by atoms with Crippen molar-refractivity contribution in [1.29, 1.82) is 0 Å². The molecule has 8 nitrogen and oxygen atoms in total. The van der Waals surface area contributed by atoms with Crippen LogP contribution in [0.25, 0.3) is 0 Å². The van der Waals surface area contributed by atoms with Crippen molar-refractivity contribution in [1.82, 2.24) is 19.7 Å². The van der Waals surface area contributed by atoms with Crippen molar-refractivity contribution >= 4 is 29.2 Å². The highest BCUT2D eigenvalue weighted by Gasteiger charge is 2.32. The maximum absolute atomic E-state index is 13.0. The molecule has 3 heterocycles. The van der Waals surface area contributed by atoms with Gasteiger partial charge in [0.15, 0.2) is 0 Å². The minimum Gasteiger partial charge on any atom is -0.457 e. The van der Waals surface area contributed by atoms with Gasteiger partial charge in [0.2, 0.25) is 5.95 Å². The number of nitrogens with one attached hydrogen (secondary N) is 1. The van der Waals surface area contributed by atoms with Gasteiger partial charge in [-0.1, -0.05) is 30.3 Å². The van der Waals surface area contributed by atoms with Crippen LogP contribution in [-0.2, 0) is 0 Å². The quantitative estimate of drug-likeness (QED) is 0.511. The van der Waals surface area contributed by atoms with Crippen molar-refractivity contribution in [3.05, 3.63) is 84.7 Å². The summed E-state index contributed by atoms with van der Waals surface area (Å²) in [6.45, 7) is 1.84. The lowest BCUT2D eigenvalue weighted by molar-refractivity contribution is 0.0885. The molecule has 0 saturated heterocycles. The van der Waals surface area contributed by atoms with Crippen LogP contribution in [0.4, 0.5) is 17.6 Å². The van der Waals surface area contributed by atoms with Gasteiger partial charge in [-0.2, -0.15) is 9.67 Å².